The first-order valence-electron chi connectivity index (χ1n) is 7.43. The van der Waals surface area contributed by atoms with E-state index < -0.39 is 0 Å². The molecule has 2 aromatic carbocycles. The number of halogens is 1. The molecule has 0 aliphatic carbocycles. The molecular weight excluding hydrogens is 310 g/mol. The van der Waals surface area contributed by atoms with Crippen molar-refractivity contribution in [2.75, 3.05) is 20.6 Å². The summed E-state index contributed by atoms with van der Waals surface area (Å²) in [7, 11) is 3.75. The minimum absolute atomic E-state index is 0.00162. The molecule has 1 heterocycles. The predicted octanol–water partition coefficient (Wildman–Crippen LogP) is 3.48. The third-order valence-electron chi connectivity index (χ3n) is 3.65. The Kier molecular flexibility index (Phi) is 4.46. The number of Topliss-reactive ketones (excluding diaryl/α,β-unsaturated/α-hetero) is 1. The zero-order chi connectivity index (χ0) is 16.4. The van der Waals surface area contributed by atoms with Gasteiger partial charge in [0.25, 0.3) is 0 Å². The van der Waals surface area contributed by atoms with E-state index in [0.29, 0.717) is 23.9 Å². The summed E-state index contributed by atoms with van der Waals surface area (Å²) in [5.41, 5.74) is 2.73. The van der Waals surface area contributed by atoms with Gasteiger partial charge in [-0.05, 0) is 37.9 Å². The molecule has 0 aliphatic rings. The first-order chi connectivity index (χ1) is 11.1. The van der Waals surface area contributed by atoms with Gasteiger partial charge in [0.2, 0.25) is 5.78 Å². The predicted molar refractivity (Wildman–Crippen MR) is 93.2 cm³/mol. The number of nitrogens with zero attached hydrogens (tertiary/aromatic N) is 3. The Bertz CT molecular complexity index is 854. The van der Waals surface area contributed by atoms with Gasteiger partial charge in [0.15, 0.2) is 5.82 Å². The summed E-state index contributed by atoms with van der Waals surface area (Å²) in [4.78, 5) is 18.9. The molecule has 0 saturated carbocycles. The number of benzene rings is 2. The molecule has 3 rings (SSSR count). The molecule has 0 spiro atoms. The van der Waals surface area contributed by atoms with E-state index in [1.165, 1.54) is 0 Å². The molecule has 23 heavy (non-hydrogen) atoms. The summed E-state index contributed by atoms with van der Waals surface area (Å²) in [6.45, 7) is 0.848. The van der Waals surface area contributed by atoms with E-state index in [2.05, 4.69) is 4.98 Å². The molecule has 0 fully saturated rings. The second kappa shape index (κ2) is 6.52. The number of fused-ring (bicyclic) bond motifs is 1. The summed E-state index contributed by atoms with van der Waals surface area (Å²) in [6.07, 6.45) is 0. The lowest BCUT2D eigenvalue weighted by Gasteiger charge is -2.12. The lowest BCUT2D eigenvalue weighted by Crippen LogP contribution is -2.24. The molecule has 0 radical (unpaired) electrons. The second-order valence-corrected chi connectivity index (χ2v) is 6.17. The number of hydrogen-bond donors (Lipinski definition) is 0. The highest BCUT2D eigenvalue weighted by Gasteiger charge is 2.18. The Hall–Kier alpha value is -2.17. The van der Waals surface area contributed by atoms with Crippen LogP contribution in [0, 0.1) is 0 Å². The van der Waals surface area contributed by atoms with E-state index in [1.807, 2.05) is 72.1 Å². The molecule has 4 nitrogen and oxygen atoms in total. The first kappa shape index (κ1) is 15.7. The molecule has 5 heteroatoms. The summed E-state index contributed by atoms with van der Waals surface area (Å²) in [5.74, 6) is 0.470. The van der Waals surface area contributed by atoms with Crippen LogP contribution in [-0.2, 0) is 6.54 Å². The van der Waals surface area contributed by atoms with Gasteiger partial charge in [-0.1, -0.05) is 41.9 Å². The maximum Gasteiger partial charge on any atom is 0.212 e. The van der Waals surface area contributed by atoms with Crippen LogP contribution in [0.4, 0.5) is 0 Å². The van der Waals surface area contributed by atoms with Crippen LogP contribution in [0.25, 0.3) is 11.0 Å². The fourth-order valence-electron chi connectivity index (χ4n) is 2.60. The van der Waals surface area contributed by atoms with E-state index in [-0.39, 0.29) is 5.78 Å². The minimum atomic E-state index is -0.00162. The maximum atomic E-state index is 12.6. The fourth-order valence-corrected chi connectivity index (χ4v) is 2.80. The van der Waals surface area contributed by atoms with Crippen LogP contribution in [0.1, 0.15) is 16.2 Å². The number of hydrogen-bond acceptors (Lipinski definition) is 3. The number of likely N-dealkylation sites (N-methyl/N-ethyl adjacent to an activating group) is 1. The van der Waals surface area contributed by atoms with Crippen molar-refractivity contribution in [1.82, 2.24) is 14.5 Å². The summed E-state index contributed by atoms with van der Waals surface area (Å²) in [6, 6.07) is 15.4. The third kappa shape index (κ3) is 3.28. The van der Waals surface area contributed by atoms with E-state index in [9.17, 15) is 4.79 Å². The maximum absolute atomic E-state index is 12.6. The molecule has 0 bridgehead atoms. The lowest BCUT2D eigenvalue weighted by atomic mass is 10.2. The summed E-state index contributed by atoms with van der Waals surface area (Å²) < 4.78 is 1.95. The van der Waals surface area contributed by atoms with Crippen molar-refractivity contribution in [3.63, 3.8) is 0 Å². The van der Waals surface area contributed by atoms with Crippen LogP contribution in [0.5, 0.6) is 0 Å². The quantitative estimate of drug-likeness (QED) is 0.673. The van der Waals surface area contributed by atoms with Crippen LogP contribution >= 0.6 is 11.6 Å². The number of rotatable bonds is 5. The largest absolute Gasteiger partial charge is 0.317 e. The molecular formula is C18H18ClN3O. The molecule has 118 valence electrons. The molecule has 0 N–H and O–H groups in total. The van der Waals surface area contributed by atoms with Gasteiger partial charge in [0.1, 0.15) is 0 Å². The molecule has 0 saturated heterocycles. The highest BCUT2D eigenvalue weighted by atomic mass is 35.5. The Morgan fingerprint density at radius 1 is 1.13 bits per heavy atom. The van der Waals surface area contributed by atoms with Crippen LogP contribution in [0.15, 0.2) is 48.5 Å². The van der Waals surface area contributed by atoms with Gasteiger partial charge in [0, 0.05) is 5.02 Å². The van der Waals surface area contributed by atoms with Gasteiger partial charge >= 0.3 is 0 Å². The van der Waals surface area contributed by atoms with Crippen molar-refractivity contribution >= 4 is 28.4 Å². The first-order valence-corrected chi connectivity index (χ1v) is 7.80. The van der Waals surface area contributed by atoms with Crippen molar-refractivity contribution in [2.24, 2.45) is 0 Å². The van der Waals surface area contributed by atoms with Crippen molar-refractivity contribution < 1.29 is 4.79 Å². The van der Waals surface area contributed by atoms with Gasteiger partial charge in [-0.15, -0.1) is 0 Å². The smallest absolute Gasteiger partial charge is 0.212 e. The number of para-hydroxylation sites is 2. The topological polar surface area (TPSA) is 38.1 Å². The Morgan fingerprint density at radius 3 is 2.57 bits per heavy atom. The van der Waals surface area contributed by atoms with Crippen LogP contribution in [0.3, 0.4) is 0 Å². The number of carbonyl (C=O) groups excluding carboxylic acids is 1. The van der Waals surface area contributed by atoms with E-state index in [4.69, 9.17) is 11.6 Å². The lowest BCUT2D eigenvalue weighted by molar-refractivity contribution is 0.0944. The standard InChI is InChI=1S/C18H18ClN3O/c1-21(2)12-17(23)18-20-15-9-5-6-10-16(15)22(18)11-13-7-3-4-8-14(13)19/h3-10H,11-12H2,1-2H3. The van der Waals surface area contributed by atoms with Crippen molar-refractivity contribution in [3.05, 3.63) is 64.9 Å². The normalized spacial score (nSPS) is 11.3. The fraction of sp³-hybridized carbons (Fsp3) is 0.222. The molecule has 0 aliphatic heterocycles. The van der Waals surface area contributed by atoms with Gasteiger partial charge in [-0.2, -0.15) is 0 Å². The highest BCUT2D eigenvalue weighted by molar-refractivity contribution is 6.31. The van der Waals surface area contributed by atoms with Gasteiger partial charge in [0.05, 0.1) is 24.1 Å². The Balaban J connectivity index is 2.09. The SMILES string of the molecule is CN(C)CC(=O)c1nc2ccccc2n1Cc1ccccc1Cl. The van der Waals surface area contributed by atoms with Crippen molar-refractivity contribution in [1.29, 1.82) is 0 Å². The zero-order valence-corrected chi connectivity index (χ0v) is 13.9. The number of ketones is 1. The average molecular weight is 328 g/mol. The van der Waals surface area contributed by atoms with Gasteiger partial charge < -0.3 is 9.47 Å². The van der Waals surface area contributed by atoms with Crippen molar-refractivity contribution in [2.45, 2.75) is 6.54 Å². The Morgan fingerprint density at radius 2 is 1.83 bits per heavy atom. The Labute approximate surface area is 140 Å². The minimum Gasteiger partial charge on any atom is -0.317 e. The zero-order valence-electron chi connectivity index (χ0n) is 13.2. The summed E-state index contributed by atoms with van der Waals surface area (Å²) in [5, 5.41) is 0.691. The van der Waals surface area contributed by atoms with Crippen LogP contribution in [0.2, 0.25) is 5.02 Å². The van der Waals surface area contributed by atoms with Gasteiger partial charge in [-0.25, -0.2) is 4.98 Å². The van der Waals surface area contributed by atoms with E-state index >= 15 is 0 Å². The van der Waals surface area contributed by atoms with E-state index in [1.54, 1.807) is 0 Å². The monoisotopic (exact) mass is 327 g/mol. The highest BCUT2D eigenvalue weighted by Crippen LogP contribution is 2.22. The van der Waals surface area contributed by atoms with E-state index in [0.717, 1.165) is 16.6 Å². The molecule has 0 unspecified atom stereocenters. The number of aromatic nitrogens is 2. The van der Waals surface area contributed by atoms with Crippen molar-refractivity contribution in [3.8, 4) is 0 Å². The molecule has 1 aromatic heterocycles. The number of carbonyl (C=O) groups is 1. The van der Waals surface area contributed by atoms with Crippen LogP contribution in [-0.4, -0.2) is 40.9 Å². The van der Waals surface area contributed by atoms with Crippen LogP contribution < -0.4 is 0 Å². The third-order valence-corrected chi connectivity index (χ3v) is 4.02. The summed E-state index contributed by atoms with van der Waals surface area (Å²) >= 11 is 6.28. The second-order valence-electron chi connectivity index (χ2n) is 5.76. The number of imidazole rings is 1. The molecule has 0 atom stereocenters. The molecule has 3 aromatic rings. The van der Waals surface area contributed by atoms with Gasteiger partial charge in [-0.3, -0.25) is 4.79 Å². The average Bonchev–Trinajstić information content (AvgIpc) is 2.88. The molecule has 0 amide bonds.